The van der Waals surface area contributed by atoms with E-state index in [4.69, 9.17) is 0 Å². The SMILES string of the molecule is CCc1cccc(CC)c1-n1ccnc1SCC(=O)Nc1ccc(OC(F)(F)F)cc1. The maximum atomic E-state index is 12.3. The lowest BCUT2D eigenvalue weighted by atomic mass is 10.0. The number of halogens is 3. The van der Waals surface area contributed by atoms with Gasteiger partial charge in [-0.25, -0.2) is 4.98 Å². The van der Waals surface area contributed by atoms with E-state index in [1.54, 1.807) is 6.20 Å². The number of hydrogen-bond donors (Lipinski definition) is 1. The smallest absolute Gasteiger partial charge is 0.406 e. The monoisotopic (exact) mass is 449 g/mol. The molecule has 3 aromatic rings. The number of para-hydroxylation sites is 1. The Kier molecular flexibility index (Phi) is 7.27. The van der Waals surface area contributed by atoms with Gasteiger partial charge in [-0.3, -0.25) is 9.36 Å². The molecule has 164 valence electrons. The van der Waals surface area contributed by atoms with Crippen LogP contribution in [0.1, 0.15) is 25.0 Å². The number of rotatable bonds is 8. The third-order valence-corrected chi connectivity index (χ3v) is 5.48. The average molecular weight is 449 g/mol. The van der Waals surface area contributed by atoms with Gasteiger partial charge in [0.05, 0.1) is 11.4 Å². The van der Waals surface area contributed by atoms with Crippen LogP contribution in [-0.4, -0.2) is 27.6 Å². The van der Waals surface area contributed by atoms with Crippen molar-refractivity contribution >= 4 is 23.4 Å². The van der Waals surface area contributed by atoms with Gasteiger partial charge < -0.3 is 10.1 Å². The second-order valence-electron chi connectivity index (χ2n) is 6.62. The first-order valence-corrected chi connectivity index (χ1v) is 10.7. The van der Waals surface area contributed by atoms with Crippen LogP contribution in [0.3, 0.4) is 0 Å². The predicted octanol–water partition coefficient (Wildman–Crippen LogP) is 5.63. The standard InChI is InChI=1S/C22H22F3N3O2S/c1-3-15-6-5-7-16(4-2)20(15)28-13-12-26-21(28)31-14-19(29)27-17-8-10-18(11-9-17)30-22(23,24)25/h5-13H,3-4,14H2,1-2H3,(H,27,29). The van der Waals surface area contributed by atoms with Crippen molar-refractivity contribution in [1.29, 1.82) is 0 Å². The molecule has 1 amide bonds. The lowest BCUT2D eigenvalue weighted by molar-refractivity contribution is -0.274. The molecular weight excluding hydrogens is 427 g/mol. The van der Waals surface area contributed by atoms with Crippen LogP contribution in [0.15, 0.2) is 60.0 Å². The third-order valence-electron chi connectivity index (χ3n) is 4.52. The van der Waals surface area contributed by atoms with Gasteiger partial charge in [-0.2, -0.15) is 0 Å². The van der Waals surface area contributed by atoms with Crippen molar-refractivity contribution in [2.24, 2.45) is 0 Å². The van der Waals surface area contributed by atoms with Gasteiger partial charge in [-0.05, 0) is 48.2 Å². The number of thioether (sulfide) groups is 1. The number of nitrogens with zero attached hydrogens (tertiary/aromatic N) is 2. The highest BCUT2D eigenvalue weighted by molar-refractivity contribution is 7.99. The van der Waals surface area contributed by atoms with Gasteiger partial charge in [0.15, 0.2) is 5.16 Å². The Hall–Kier alpha value is -2.94. The number of carbonyl (C=O) groups is 1. The molecule has 0 atom stereocenters. The predicted molar refractivity (Wildman–Crippen MR) is 115 cm³/mol. The number of hydrogen-bond acceptors (Lipinski definition) is 4. The van der Waals surface area contributed by atoms with Gasteiger partial charge in [0.1, 0.15) is 5.75 Å². The minimum atomic E-state index is -4.75. The highest BCUT2D eigenvalue weighted by Gasteiger charge is 2.31. The maximum Gasteiger partial charge on any atom is 0.573 e. The molecule has 0 unspecified atom stereocenters. The van der Waals surface area contributed by atoms with Crippen LogP contribution in [-0.2, 0) is 17.6 Å². The lowest BCUT2D eigenvalue weighted by Gasteiger charge is -2.16. The molecule has 0 saturated heterocycles. The van der Waals surface area contributed by atoms with Crippen molar-refractivity contribution < 1.29 is 22.7 Å². The molecule has 9 heteroatoms. The second-order valence-corrected chi connectivity index (χ2v) is 7.56. The number of aryl methyl sites for hydroxylation is 2. The highest BCUT2D eigenvalue weighted by Crippen LogP contribution is 2.27. The molecule has 31 heavy (non-hydrogen) atoms. The lowest BCUT2D eigenvalue weighted by Crippen LogP contribution is -2.17. The zero-order chi connectivity index (χ0) is 22.4. The molecule has 0 saturated carbocycles. The van der Waals surface area contributed by atoms with E-state index < -0.39 is 6.36 Å². The van der Waals surface area contributed by atoms with Crippen LogP contribution < -0.4 is 10.1 Å². The summed E-state index contributed by atoms with van der Waals surface area (Å²) < 4.78 is 42.5. The molecule has 0 aliphatic heterocycles. The van der Waals surface area contributed by atoms with E-state index in [2.05, 4.69) is 41.0 Å². The van der Waals surface area contributed by atoms with Crippen LogP contribution in [0.2, 0.25) is 0 Å². The number of ether oxygens (including phenoxy) is 1. The highest BCUT2D eigenvalue weighted by atomic mass is 32.2. The topological polar surface area (TPSA) is 56.2 Å². The number of amides is 1. The van der Waals surface area contributed by atoms with E-state index in [-0.39, 0.29) is 17.4 Å². The van der Waals surface area contributed by atoms with Crippen molar-refractivity contribution in [2.45, 2.75) is 38.2 Å². The maximum absolute atomic E-state index is 12.3. The van der Waals surface area contributed by atoms with Gasteiger partial charge in [0.2, 0.25) is 5.91 Å². The summed E-state index contributed by atoms with van der Waals surface area (Å²) in [6.07, 6.45) is 0.579. The first kappa shape index (κ1) is 22.7. The van der Waals surface area contributed by atoms with Crippen LogP contribution in [0.25, 0.3) is 5.69 Å². The number of benzene rings is 2. The molecule has 0 spiro atoms. The molecular formula is C22H22F3N3O2S. The van der Waals surface area contributed by atoms with E-state index in [1.165, 1.54) is 35.0 Å². The van der Waals surface area contributed by atoms with E-state index in [1.807, 2.05) is 16.8 Å². The Morgan fingerprint density at radius 3 is 2.32 bits per heavy atom. The first-order valence-electron chi connectivity index (χ1n) is 9.73. The van der Waals surface area contributed by atoms with Crippen molar-refractivity contribution in [3.8, 4) is 11.4 Å². The summed E-state index contributed by atoms with van der Waals surface area (Å²) in [6, 6.07) is 11.2. The van der Waals surface area contributed by atoms with Crippen molar-refractivity contribution in [2.75, 3.05) is 11.1 Å². The number of anilines is 1. The zero-order valence-corrected chi connectivity index (χ0v) is 17.9. The Morgan fingerprint density at radius 2 is 1.74 bits per heavy atom. The summed E-state index contributed by atoms with van der Waals surface area (Å²) in [4.78, 5) is 16.7. The van der Waals surface area contributed by atoms with E-state index in [0.29, 0.717) is 10.8 Å². The van der Waals surface area contributed by atoms with Gasteiger partial charge in [0, 0.05) is 18.1 Å². The Balaban J connectivity index is 1.66. The van der Waals surface area contributed by atoms with E-state index in [9.17, 15) is 18.0 Å². The van der Waals surface area contributed by atoms with Crippen LogP contribution in [0.4, 0.5) is 18.9 Å². The van der Waals surface area contributed by atoms with E-state index in [0.717, 1.165) is 30.7 Å². The molecule has 1 N–H and O–H groups in total. The molecule has 2 aromatic carbocycles. The summed E-state index contributed by atoms with van der Waals surface area (Å²) in [5.74, 6) is -0.528. The summed E-state index contributed by atoms with van der Waals surface area (Å²) in [5.41, 5.74) is 3.87. The first-order chi connectivity index (χ1) is 14.8. The number of aromatic nitrogens is 2. The zero-order valence-electron chi connectivity index (χ0n) is 17.1. The van der Waals surface area contributed by atoms with Gasteiger partial charge in [-0.15, -0.1) is 13.2 Å². The Labute approximate surface area is 182 Å². The van der Waals surface area contributed by atoms with Gasteiger partial charge >= 0.3 is 6.36 Å². The normalized spacial score (nSPS) is 11.4. The molecule has 3 rings (SSSR count). The molecule has 0 aliphatic rings. The fraction of sp³-hybridized carbons (Fsp3) is 0.273. The quantitative estimate of drug-likeness (QED) is 0.453. The van der Waals surface area contributed by atoms with Crippen LogP contribution in [0.5, 0.6) is 5.75 Å². The number of carbonyl (C=O) groups excluding carboxylic acids is 1. The average Bonchev–Trinajstić information content (AvgIpc) is 3.20. The largest absolute Gasteiger partial charge is 0.573 e. The summed E-state index contributed by atoms with van der Waals surface area (Å²) in [7, 11) is 0. The van der Waals surface area contributed by atoms with Gasteiger partial charge in [0.25, 0.3) is 0 Å². The summed E-state index contributed by atoms with van der Waals surface area (Å²) in [6.45, 7) is 4.20. The Morgan fingerprint density at radius 1 is 1.10 bits per heavy atom. The van der Waals surface area contributed by atoms with Crippen molar-refractivity contribution in [3.63, 3.8) is 0 Å². The fourth-order valence-electron chi connectivity index (χ4n) is 3.16. The third kappa shape index (κ3) is 6.04. The van der Waals surface area contributed by atoms with E-state index >= 15 is 0 Å². The van der Waals surface area contributed by atoms with Crippen molar-refractivity contribution in [1.82, 2.24) is 9.55 Å². The molecule has 1 aromatic heterocycles. The summed E-state index contributed by atoms with van der Waals surface area (Å²) >= 11 is 1.29. The van der Waals surface area contributed by atoms with Crippen LogP contribution >= 0.6 is 11.8 Å². The molecule has 0 aliphatic carbocycles. The molecule has 5 nitrogen and oxygen atoms in total. The molecule has 0 bridgehead atoms. The minimum Gasteiger partial charge on any atom is -0.406 e. The van der Waals surface area contributed by atoms with Crippen molar-refractivity contribution in [3.05, 3.63) is 66.0 Å². The molecule has 1 heterocycles. The fourth-order valence-corrected chi connectivity index (χ4v) is 3.92. The van der Waals surface area contributed by atoms with Crippen LogP contribution in [0, 0.1) is 0 Å². The number of nitrogens with one attached hydrogen (secondary N) is 1. The summed E-state index contributed by atoms with van der Waals surface area (Å²) in [5, 5.41) is 3.36. The minimum absolute atomic E-state index is 0.105. The second kappa shape index (κ2) is 9.91. The number of imidazole rings is 1. The van der Waals surface area contributed by atoms with Gasteiger partial charge in [-0.1, -0.05) is 43.8 Å². The number of alkyl halides is 3. The molecule has 0 fully saturated rings. The molecule has 0 radical (unpaired) electrons. The Bertz CT molecular complexity index is 1010.